The van der Waals surface area contributed by atoms with E-state index in [1.54, 1.807) is 12.1 Å². The molecule has 4 N–H and O–H groups in total. The Morgan fingerprint density at radius 3 is 2.38 bits per heavy atom. The molecule has 1 amide bonds. The zero-order valence-corrected chi connectivity index (χ0v) is 16.4. The van der Waals surface area contributed by atoms with Gasteiger partial charge in [0, 0.05) is 22.1 Å². The highest BCUT2D eigenvalue weighted by molar-refractivity contribution is 14.0. The van der Waals surface area contributed by atoms with Crippen LogP contribution in [0.15, 0.2) is 33.7 Å². The molecule has 1 aromatic rings. The lowest BCUT2D eigenvalue weighted by atomic mass is 10.1. The van der Waals surface area contributed by atoms with Crippen LogP contribution in [0.5, 0.6) is 0 Å². The van der Waals surface area contributed by atoms with Crippen LogP contribution in [0.25, 0.3) is 0 Å². The maximum absolute atomic E-state index is 11.8. The lowest BCUT2D eigenvalue weighted by Gasteiger charge is -2.20. The normalized spacial score (nSPS) is 11.5. The zero-order valence-electron chi connectivity index (χ0n) is 12.4. The summed E-state index contributed by atoms with van der Waals surface area (Å²) in [6.45, 7) is 6.90. The standard InChI is InChI=1S/C14H21BrN4O.HI/c1-14(2,3)19-13(16)18-9-8-17-12(20)10-4-6-11(15)7-5-10;/h4-7H,8-9H2,1-3H3,(H,17,20)(H3,16,18,19);1H. The fourth-order valence-electron chi connectivity index (χ4n) is 1.47. The van der Waals surface area contributed by atoms with Crippen LogP contribution in [0.4, 0.5) is 0 Å². The molecule has 118 valence electrons. The summed E-state index contributed by atoms with van der Waals surface area (Å²) in [5, 5.41) is 5.85. The first kappa shape index (κ1) is 20.2. The SMILES string of the molecule is CC(C)(C)NC(N)=NCCNC(=O)c1ccc(Br)cc1.I. The topological polar surface area (TPSA) is 79.5 Å². The van der Waals surface area contributed by atoms with Gasteiger partial charge in [0.1, 0.15) is 0 Å². The van der Waals surface area contributed by atoms with Crippen LogP contribution in [0.1, 0.15) is 31.1 Å². The molecule has 5 nitrogen and oxygen atoms in total. The predicted octanol–water partition coefficient (Wildman–Crippen LogP) is 2.50. The number of halogens is 2. The van der Waals surface area contributed by atoms with Gasteiger partial charge in [0.2, 0.25) is 0 Å². The van der Waals surface area contributed by atoms with E-state index >= 15 is 0 Å². The second-order valence-electron chi connectivity index (χ2n) is 5.40. The van der Waals surface area contributed by atoms with Crippen LogP contribution in [-0.4, -0.2) is 30.5 Å². The van der Waals surface area contributed by atoms with Gasteiger partial charge in [-0.1, -0.05) is 15.9 Å². The van der Waals surface area contributed by atoms with Crippen molar-refractivity contribution in [2.75, 3.05) is 13.1 Å². The average molecular weight is 469 g/mol. The third-order valence-electron chi connectivity index (χ3n) is 2.29. The highest BCUT2D eigenvalue weighted by Crippen LogP contribution is 2.10. The second kappa shape index (κ2) is 9.24. The molecule has 1 aromatic carbocycles. The van der Waals surface area contributed by atoms with Gasteiger partial charge in [-0.3, -0.25) is 9.79 Å². The molecule has 0 aromatic heterocycles. The molecule has 0 bridgehead atoms. The summed E-state index contributed by atoms with van der Waals surface area (Å²) in [6.07, 6.45) is 0. The molecule has 0 aliphatic rings. The van der Waals surface area contributed by atoms with Crippen molar-refractivity contribution in [2.24, 2.45) is 10.7 Å². The fraction of sp³-hybridized carbons (Fsp3) is 0.429. The Morgan fingerprint density at radius 2 is 1.86 bits per heavy atom. The van der Waals surface area contributed by atoms with Crippen LogP contribution in [0, 0.1) is 0 Å². The molecule has 0 heterocycles. The Hall–Kier alpha value is -0.830. The first-order valence-corrected chi connectivity index (χ1v) is 7.19. The molecule has 21 heavy (non-hydrogen) atoms. The lowest BCUT2D eigenvalue weighted by molar-refractivity contribution is 0.0955. The van der Waals surface area contributed by atoms with Crippen LogP contribution < -0.4 is 16.4 Å². The van der Waals surface area contributed by atoms with Crippen LogP contribution in [-0.2, 0) is 0 Å². The number of carbonyl (C=O) groups is 1. The molecule has 0 atom stereocenters. The van der Waals surface area contributed by atoms with Crippen molar-refractivity contribution < 1.29 is 4.79 Å². The van der Waals surface area contributed by atoms with E-state index in [2.05, 4.69) is 31.6 Å². The molecule has 1 rings (SSSR count). The Labute approximate surface area is 151 Å². The van der Waals surface area contributed by atoms with Gasteiger partial charge in [0.25, 0.3) is 5.91 Å². The number of rotatable bonds is 4. The summed E-state index contributed by atoms with van der Waals surface area (Å²) in [7, 11) is 0. The van der Waals surface area contributed by atoms with E-state index in [9.17, 15) is 4.79 Å². The number of hydrogen-bond donors (Lipinski definition) is 3. The molecular formula is C14H22BrIN4O. The summed E-state index contributed by atoms with van der Waals surface area (Å²) in [4.78, 5) is 16.0. The van der Waals surface area contributed by atoms with Gasteiger partial charge < -0.3 is 16.4 Å². The minimum atomic E-state index is -0.117. The first-order chi connectivity index (χ1) is 9.28. The number of benzene rings is 1. The molecule has 0 saturated heterocycles. The average Bonchev–Trinajstić information content (AvgIpc) is 2.33. The number of nitrogens with two attached hydrogens (primary N) is 1. The number of guanidine groups is 1. The second-order valence-corrected chi connectivity index (χ2v) is 6.32. The van der Waals surface area contributed by atoms with Gasteiger partial charge in [-0.2, -0.15) is 0 Å². The molecule has 7 heteroatoms. The van der Waals surface area contributed by atoms with Crippen molar-refractivity contribution in [3.8, 4) is 0 Å². The Balaban J connectivity index is 0.00000400. The smallest absolute Gasteiger partial charge is 0.251 e. The van der Waals surface area contributed by atoms with Crippen molar-refractivity contribution in [2.45, 2.75) is 26.3 Å². The van der Waals surface area contributed by atoms with Crippen LogP contribution in [0.3, 0.4) is 0 Å². The summed E-state index contributed by atoms with van der Waals surface area (Å²) in [5.41, 5.74) is 6.23. The molecule has 0 radical (unpaired) electrons. The quantitative estimate of drug-likeness (QED) is 0.275. The van der Waals surface area contributed by atoms with Crippen molar-refractivity contribution >= 4 is 51.8 Å². The Kier molecular flexibility index (Phi) is 8.88. The monoisotopic (exact) mass is 468 g/mol. The minimum Gasteiger partial charge on any atom is -0.370 e. The number of amides is 1. The lowest BCUT2D eigenvalue weighted by Crippen LogP contribution is -2.45. The van der Waals surface area contributed by atoms with E-state index in [0.29, 0.717) is 24.6 Å². The maximum atomic E-state index is 11.8. The minimum absolute atomic E-state index is 0. The van der Waals surface area contributed by atoms with Crippen LogP contribution in [0.2, 0.25) is 0 Å². The Morgan fingerprint density at radius 1 is 1.29 bits per heavy atom. The first-order valence-electron chi connectivity index (χ1n) is 6.40. The third kappa shape index (κ3) is 8.92. The fourth-order valence-corrected chi connectivity index (χ4v) is 1.74. The van der Waals surface area contributed by atoms with E-state index in [1.807, 2.05) is 32.9 Å². The largest absolute Gasteiger partial charge is 0.370 e. The number of nitrogens with zero attached hydrogens (tertiary/aromatic N) is 1. The molecule has 0 fully saturated rings. The van der Waals surface area contributed by atoms with Gasteiger partial charge >= 0.3 is 0 Å². The van der Waals surface area contributed by atoms with Gasteiger partial charge in [-0.15, -0.1) is 24.0 Å². The highest BCUT2D eigenvalue weighted by atomic mass is 127. The van der Waals surface area contributed by atoms with Crippen molar-refractivity contribution in [1.29, 1.82) is 0 Å². The van der Waals surface area contributed by atoms with Gasteiger partial charge in [0.15, 0.2) is 5.96 Å². The Bertz CT molecular complexity index is 483. The summed E-state index contributed by atoms with van der Waals surface area (Å²) in [5.74, 6) is 0.269. The molecule has 0 aliphatic heterocycles. The van der Waals surface area contributed by atoms with Crippen molar-refractivity contribution in [3.05, 3.63) is 34.3 Å². The van der Waals surface area contributed by atoms with E-state index in [4.69, 9.17) is 5.73 Å². The van der Waals surface area contributed by atoms with E-state index in [-0.39, 0.29) is 35.4 Å². The highest BCUT2D eigenvalue weighted by Gasteiger charge is 2.09. The van der Waals surface area contributed by atoms with Gasteiger partial charge in [-0.25, -0.2) is 0 Å². The number of hydrogen-bond acceptors (Lipinski definition) is 2. The van der Waals surface area contributed by atoms with Gasteiger partial charge in [0.05, 0.1) is 6.54 Å². The molecule has 0 aliphatic carbocycles. The van der Waals surface area contributed by atoms with Crippen molar-refractivity contribution in [1.82, 2.24) is 10.6 Å². The van der Waals surface area contributed by atoms with Crippen LogP contribution >= 0.6 is 39.9 Å². The number of nitrogens with one attached hydrogen (secondary N) is 2. The molecular weight excluding hydrogens is 447 g/mol. The summed E-state index contributed by atoms with van der Waals surface area (Å²) >= 11 is 3.33. The maximum Gasteiger partial charge on any atom is 0.251 e. The van der Waals surface area contributed by atoms with Crippen molar-refractivity contribution in [3.63, 3.8) is 0 Å². The molecule has 0 spiro atoms. The number of aliphatic imine (C=N–C) groups is 1. The van der Waals surface area contributed by atoms with E-state index in [1.165, 1.54) is 0 Å². The number of carbonyl (C=O) groups excluding carboxylic acids is 1. The molecule has 0 saturated carbocycles. The summed E-state index contributed by atoms with van der Waals surface area (Å²) in [6, 6.07) is 7.19. The molecule has 0 unspecified atom stereocenters. The zero-order chi connectivity index (χ0) is 15.2. The third-order valence-corrected chi connectivity index (χ3v) is 2.82. The van der Waals surface area contributed by atoms with E-state index in [0.717, 1.165) is 4.47 Å². The predicted molar refractivity (Wildman–Crippen MR) is 101 cm³/mol. The van der Waals surface area contributed by atoms with E-state index < -0.39 is 0 Å². The summed E-state index contributed by atoms with van der Waals surface area (Å²) < 4.78 is 0.944. The van der Waals surface area contributed by atoms with Gasteiger partial charge in [-0.05, 0) is 45.0 Å².